The molecule has 18 heavy (non-hydrogen) atoms. The molecule has 0 aliphatic heterocycles. The van der Waals surface area contributed by atoms with E-state index in [-0.39, 0.29) is 6.04 Å². The highest BCUT2D eigenvalue weighted by Gasteiger charge is 2.10. The summed E-state index contributed by atoms with van der Waals surface area (Å²) in [7, 11) is 0. The Balaban J connectivity index is 2.01. The van der Waals surface area contributed by atoms with Crippen molar-refractivity contribution in [2.75, 3.05) is 0 Å². The lowest BCUT2D eigenvalue weighted by molar-refractivity contribution is 0.520. The first kappa shape index (κ1) is 13.2. The van der Waals surface area contributed by atoms with Crippen molar-refractivity contribution < 1.29 is 8.78 Å². The largest absolute Gasteiger partial charge is 0.305 e. The number of benzene rings is 1. The maximum Gasteiger partial charge on any atom is 0.126 e. The zero-order chi connectivity index (χ0) is 13.0. The molecule has 0 spiro atoms. The number of nitrogens with one attached hydrogen (secondary N) is 1. The Morgan fingerprint density at radius 1 is 1.22 bits per heavy atom. The monoisotopic (exact) mass is 267 g/mol. The van der Waals surface area contributed by atoms with E-state index in [4.69, 9.17) is 0 Å². The predicted molar refractivity (Wildman–Crippen MR) is 70.5 cm³/mol. The summed E-state index contributed by atoms with van der Waals surface area (Å²) < 4.78 is 26.1. The van der Waals surface area contributed by atoms with Crippen LogP contribution in [0.15, 0.2) is 35.7 Å². The maximum atomic E-state index is 13.0. The average Bonchev–Trinajstić information content (AvgIpc) is 2.82. The molecule has 0 bridgehead atoms. The molecular formula is C14H15F2NS. The van der Waals surface area contributed by atoms with Gasteiger partial charge < -0.3 is 5.32 Å². The van der Waals surface area contributed by atoms with Gasteiger partial charge in [-0.1, -0.05) is 13.0 Å². The first-order chi connectivity index (χ1) is 8.69. The van der Waals surface area contributed by atoms with Crippen LogP contribution < -0.4 is 5.32 Å². The van der Waals surface area contributed by atoms with E-state index in [1.165, 1.54) is 17.0 Å². The van der Waals surface area contributed by atoms with Crippen LogP contribution in [-0.4, -0.2) is 0 Å². The molecule has 4 heteroatoms. The highest BCUT2D eigenvalue weighted by atomic mass is 32.1. The summed E-state index contributed by atoms with van der Waals surface area (Å²) in [5.41, 5.74) is 0.627. The lowest BCUT2D eigenvalue weighted by Gasteiger charge is -2.15. The van der Waals surface area contributed by atoms with E-state index in [9.17, 15) is 8.78 Å². The molecule has 1 heterocycles. The highest BCUT2D eigenvalue weighted by molar-refractivity contribution is 7.10. The molecule has 1 aromatic carbocycles. The van der Waals surface area contributed by atoms with Crippen molar-refractivity contribution in [1.82, 2.24) is 5.32 Å². The van der Waals surface area contributed by atoms with Crippen LogP contribution in [0.3, 0.4) is 0 Å². The standard InChI is InChI=1S/C14H15F2NS/c1-2-13(14-4-3-5-18-14)17-9-10-6-11(15)8-12(16)7-10/h3-8,13,17H,2,9H2,1H3. The van der Waals surface area contributed by atoms with E-state index >= 15 is 0 Å². The molecule has 0 aliphatic carbocycles. The van der Waals surface area contributed by atoms with Crippen LogP contribution in [0.2, 0.25) is 0 Å². The molecule has 1 unspecified atom stereocenters. The number of rotatable bonds is 5. The Morgan fingerprint density at radius 3 is 2.50 bits per heavy atom. The number of hydrogen-bond donors (Lipinski definition) is 1. The third-order valence-corrected chi connectivity index (χ3v) is 3.76. The van der Waals surface area contributed by atoms with Crippen LogP contribution in [0, 0.1) is 11.6 Å². The van der Waals surface area contributed by atoms with Gasteiger partial charge in [-0.2, -0.15) is 0 Å². The second kappa shape index (κ2) is 6.07. The van der Waals surface area contributed by atoms with Crippen LogP contribution in [0.25, 0.3) is 0 Å². The minimum Gasteiger partial charge on any atom is -0.305 e. The van der Waals surface area contributed by atoms with Gasteiger partial charge in [-0.15, -0.1) is 11.3 Å². The molecule has 0 saturated carbocycles. The van der Waals surface area contributed by atoms with E-state index in [0.717, 1.165) is 12.5 Å². The zero-order valence-corrected chi connectivity index (χ0v) is 10.9. The van der Waals surface area contributed by atoms with Crippen molar-refractivity contribution in [3.8, 4) is 0 Å². The van der Waals surface area contributed by atoms with Gasteiger partial charge in [0.2, 0.25) is 0 Å². The molecule has 1 atom stereocenters. The molecule has 0 saturated heterocycles. The van der Waals surface area contributed by atoms with Gasteiger partial charge in [0.1, 0.15) is 11.6 Å². The van der Waals surface area contributed by atoms with Crippen molar-refractivity contribution in [2.24, 2.45) is 0 Å². The van der Waals surface area contributed by atoms with E-state index < -0.39 is 11.6 Å². The number of halogens is 2. The average molecular weight is 267 g/mol. The second-order valence-electron chi connectivity index (χ2n) is 4.13. The smallest absolute Gasteiger partial charge is 0.126 e. The Morgan fingerprint density at radius 2 is 1.94 bits per heavy atom. The Labute approximate surface area is 109 Å². The van der Waals surface area contributed by atoms with Crippen LogP contribution >= 0.6 is 11.3 Å². The Hall–Kier alpha value is -1.26. The normalized spacial score (nSPS) is 12.6. The first-order valence-corrected chi connectivity index (χ1v) is 6.78. The summed E-state index contributed by atoms with van der Waals surface area (Å²) in [5.74, 6) is -1.06. The molecule has 2 rings (SSSR count). The summed E-state index contributed by atoms with van der Waals surface area (Å²) in [4.78, 5) is 1.24. The summed E-state index contributed by atoms with van der Waals surface area (Å²) in [6.07, 6.45) is 0.943. The summed E-state index contributed by atoms with van der Waals surface area (Å²) in [6.45, 7) is 2.55. The Bertz CT molecular complexity index is 476. The topological polar surface area (TPSA) is 12.0 Å². The molecule has 0 radical (unpaired) electrons. The highest BCUT2D eigenvalue weighted by Crippen LogP contribution is 2.22. The van der Waals surface area contributed by atoms with Crippen molar-refractivity contribution in [3.05, 3.63) is 57.8 Å². The van der Waals surface area contributed by atoms with Crippen LogP contribution in [0.4, 0.5) is 8.78 Å². The minimum atomic E-state index is -0.532. The van der Waals surface area contributed by atoms with Gasteiger partial charge in [-0.05, 0) is 35.6 Å². The van der Waals surface area contributed by atoms with Crippen molar-refractivity contribution in [2.45, 2.75) is 25.9 Å². The van der Waals surface area contributed by atoms with E-state index in [1.54, 1.807) is 11.3 Å². The molecule has 0 aliphatic rings. The summed E-state index contributed by atoms with van der Waals surface area (Å²) in [5, 5.41) is 5.35. The molecule has 1 aromatic heterocycles. The Kier molecular flexibility index (Phi) is 4.44. The lowest BCUT2D eigenvalue weighted by atomic mass is 10.1. The van der Waals surface area contributed by atoms with Crippen LogP contribution in [0.5, 0.6) is 0 Å². The fourth-order valence-corrected chi connectivity index (χ4v) is 2.78. The van der Waals surface area contributed by atoms with E-state index in [2.05, 4.69) is 18.3 Å². The molecule has 2 aromatic rings. The third kappa shape index (κ3) is 3.37. The fraction of sp³-hybridized carbons (Fsp3) is 0.286. The molecule has 96 valence electrons. The van der Waals surface area contributed by atoms with Gasteiger partial charge in [0.25, 0.3) is 0 Å². The molecule has 0 amide bonds. The van der Waals surface area contributed by atoms with Crippen molar-refractivity contribution in [1.29, 1.82) is 0 Å². The number of thiophene rings is 1. The first-order valence-electron chi connectivity index (χ1n) is 5.90. The van der Waals surface area contributed by atoms with Gasteiger partial charge in [-0.3, -0.25) is 0 Å². The van der Waals surface area contributed by atoms with Crippen LogP contribution in [0.1, 0.15) is 29.8 Å². The quantitative estimate of drug-likeness (QED) is 0.853. The van der Waals surface area contributed by atoms with Crippen molar-refractivity contribution in [3.63, 3.8) is 0 Å². The minimum absolute atomic E-state index is 0.233. The zero-order valence-electron chi connectivity index (χ0n) is 10.1. The predicted octanol–water partition coefficient (Wildman–Crippen LogP) is 4.27. The van der Waals surface area contributed by atoms with Crippen molar-refractivity contribution >= 4 is 11.3 Å². The van der Waals surface area contributed by atoms with Gasteiger partial charge >= 0.3 is 0 Å². The summed E-state index contributed by atoms with van der Waals surface area (Å²) in [6, 6.07) is 7.91. The SMILES string of the molecule is CCC(NCc1cc(F)cc(F)c1)c1cccs1. The maximum absolute atomic E-state index is 13.0. The van der Waals surface area contributed by atoms with Crippen LogP contribution in [-0.2, 0) is 6.54 Å². The second-order valence-corrected chi connectivity index (χ2v) is 5.11. The molecule has 1 nitrogen and oxygen atoms in total. The molecule has 0 fully saturated rings. The number of hydrogen-bond acceptors (Lipinski definition) is 2. The van der Waals surface area contributed by atoms with E-state index in [0.29, 0.717) is 12.1 Å². The van der Waals surface area contributed by atoms with E-state index in [1.807, 2.05) is 11.4 Å². The fourth-order valence-electron chi connectivity index (χ4n) is 1.89. The third-order valence-electron chi connectivity index (χ3n) is 2.77. The molecule has 1 N–H and O–H groups in total. The van der Waals surface area contributed by atoms with Gasteiger partial charge in [0.15, 0.2) is 0 Å². The molecular weight excluding hydrogens is 252 g/mol. The van der Waals surface area contributed by atoms with Gasteiger partial charge in [-0.25, -0.2) is 8.78 Å². The summed E-state index contributed by atoms with van der Waals surface area (Å²) >= 11 is 1.69. The lowest BCUT2D eigenvalue weighted by Crippen LogP contribution is -2.19. The van der Waals surface area contributed by atoms with Gasteiger partial charge in [0.05, 0.1) is 0 Å². The van der Waals surface area contributed by atoms with Gasteiger partial charge in [0, 0.05) is 23.5 Å².